The Hall–Kier alpha value is -2.61. The van der Waals surface area contributed by atoms with E-state index in [1.807, 2.05) is 23.6 Å². The lowest BCUT2D eigenvalue weighted by Crippen LogP contribution is -2.41. The first kappa shape index (κ1) is 23.5. The van der Waals surface area contributed by atoms with Crippen LogP contribution in [-0.4, -0.2) is 49.0 Å². The zero-order valence-corrected chi connectivity index (χ0v) is 20.3. The van der Waals surface area contributed by atoms with Gasteiger partial charge in [0.2, 0.25) is 5.91 Å². The summed E-state index contributed by atoms with van der Waals surface area (Å²) in [7, 11) is 3.19. The number of nitrogens with zero attached hydrogens (tertiary/aromatic N) is 2. The molecule has 2 aliphatic rings. The van der Waals surface area contributed by atoms with Crippen molar-refractivity contribution in [2.75, 3.05) is 27.3 Å². The molecule has 2 amide bonds. The van der Waals surface area contributed by atoms with Crippen LogP contribution in [0.3, 0.4) is 0 Å². The highest BCUT2D eigenvalue weighted by atomic mass is 32.1. The Labute approximate surface area is 199 Å². The van der Waals surface area contributed by atoms with E-state index in [-0.39, 0.29) is 11.8 Å². The van der Waals surface area contributed by atoms with Gasteiger partial charge in [-0.15, -0.1) is 11.3 Å². The van der Waals surface area contributed by atoms with Crippen molar-refractivity contribution >= 4 is 23.2 Å². The van der Waals surface area contributed by atoms with Crippen molar-refractivity contribution in [1.29, 1.82) is 0 Å². The molecule has 8 heteroatoms. The van der Waals surface area contributed by atoms with E-state index in [2.05, 4.69) is 15.2 Å². The summed E-state index contributed by atoms with van der Waals surface area (Å²) >= 11 is 1.54. The number of amides is 2. The van der Waals surface area contributed by atoms with Gasteiger partial charge in [-0.3, -0.25) is 9.59 Å². The standard InChI is InChI=1S/C25H33N3O4S/c1-31-21-9-8-17(14-22(21)32-2)15-26-23(29)20-16-33-24(27-20)18-10-12-28(13-11-18)25(30)19-6-4-3-5-7-19/h8-9,14,16,18-19H,3-7,10-13,15H2,1-2H3,(H,26,29). The van der Waals surface area contributed by atoms with Crippen LogP contribution in [-0.2, 0) is 11.3 Å². The van der Waals surface area contributed by atoms with Crippen LogP contribution in [0.15, 0.2) is 23.6 Å². The molecule has 0 unspecified atom stereocenters. The summed E-state index contributed by atoms with van der Waals surface area (Å²) in [5, 5.41) is 5.76. The molecule has 1 saturated heterocycles. The second-order valence-corrected chi connectivity index (χ2v) is 9.77. The van der Waals surface area contributed by atoms with Crippen molar-refractivity contribution in [2.24, 2.45) is 5.92 Å². The molecule has 1 N–H and O–H groups in total. The lowest BCUT2D eigenvalue weighted by molar-refractivity contribution is -0.137. The van der Waals surface area contributed by atoms with E-state index >= 15 is 0 Å². The van der Waals surface area contributed by atoms with E-state index in [1.165, 1.54) is 19.3 Å². The molecular formula is C25H33N3O4S. The van der Waals surface area contributed by atoms with Gasteiger partial charge in [-0.2, -0.15) is 0 Å². The topological polar surface area (TPSA) is 80.8 Å². The van der Waals surface area contributed by atoms with Crippen molar-refractivity contribution < 1.29 is 19.1 Å². The summed E-state index contributed by atoms with van der Waals surface area (Å²) in [6, 6.07) is 5.58. The SMILES string of the molecule is COc1ccc(CNC(=O)c2csc(C3CCN(C(=O)C4CCCCC4)CC3)n2)cc1OC. The van der Waals surface area contributed by atoms with E-state index in [0.717, 1.165) is 49.3 Å². The Balaban J connectivity index is 1.28. The smallest absolute Gasteiger partial charge is 0.271 e. The third-order valence-corrected chi connectivity index (χ3v) is 7.77. The first-order chi connectivity index (χ1) is 16.1. The lowest BCUT2D eigenvalue weighted by Gasteiger charge is -2.34. The molecule has 1 aromatic heterocycles. The predicted molar refractivity (Wildman–Crippen MR) is 128 cm³/mol. The van der Waals surface area contributed by atoms with Crippen LogP contribution >= 0.6 is 11.3 Å². The van der Waals surface area contributed by atoms with Crippen LogP contribution in [0.25, 0.3) is 0 Å². The zero-order valence-electron chi connectivity index (χ0n) is 19.5. The molecule has 33 heavy (non-hydrogen) atoms. The highest BCUT2D eigenvalue weighted by molar-refractivity contribution is 7.09. The minimum atomic E-state index is -0.183. The van der Waals surface area contributed by atoms with E-state index in [4.69, 9.17) is 9.47 Å². The molecular weight excluding hydrogens is 438 g/mol. The van der Waals surface area contributed by atoms with Crippen molar-refractivity contribution in [1.82, 2.24) is 15.2 Å². The molecule has 4 rings (SSSR count). The van der Waals surface area contributed by atoms with Crippen molar-refractivity contribution in [3.63, 3.8) is 0 Å². The predicted octanol–water partition coefficient (Wildman–Crippen LogP) is 4.38. The summed E-state index contributed by atoms with van der Waals surface area (Å²) in [6.45, 7) is 1.97. The van der Waals surface area contributed by atoms with Gasteiger partial charge < -0.3 is 19.7 Å². The number of aromatic nitrogens is 1. The quantitative estimate of drug-likeness (QED) is 0.648. The maximum absolute atomic E-state index is 12.8. The van der Waals surface area contributed by atoms with E-state index in [9.17, 15) is 9.59 Å². The Morgan fingerprint density at radius 3 is 2.48 bits per heavy atom. The van der Waals surface area contributed by atoms with Crippen molar-refractivity contribution in [2.45, 2.75) is 57.4 Å². The Kier molecular flexibility index (Phi) is 7.85. The van der Waals surface area contributed by atoms with Gasteiger partial charge in [0.15, 0.2) is 11.5 Å². The highest BCUT2D eigenvalue weighted by Gasteiger charge is 2.30. The largest absolute Gasteiger partial charge is 0.493 e. The summed E-state index contributed by atoms with van der Waals surface area (Å²) in [5.41, 5.74) is 1.38. The number of carbonyl (C=O) groups excluding carboxylic acids is 2. The van der Waals surface area contributed by atoms with Crippen LogP contribution in [0.2, 0.25) is 0 Å². The molecule has 1 aliphatic carbocycles. The number of methoxy groups -OCH3 is 2. The van der Waals surface area contributed by atoms with Crippen LogP contribution in [0.1, 0.15) is 71.9 Å². The molecule has 0 radical (unpaired) electrons. The second kappa shape index (κ2) is 11.0. The van der Waals surface area contributed by atoms with Crippen LogP contribution in [0.5, 0.6) is 11.5 Å². The molecule has 0 spiro atoms. The Bertz CT molecular complexity index is 962. The van der Waals surface area contributed by atoms with Gasteiger partial charge >= 0.3 is 0 Å². The fraction of sp³-hybridized carbons (Fsp3) is 0.560. The summed E-state index contributed by atoms with van der Waals surface area (Å²) in [5.74, 6) is 2.00. The fourth-order valence-corrected chi connectivity index (χ4v) is 5.77. The molecule has 7 nitrogen and oxygen atoms in total. The molecule has 2 heterocycles. The van der Waals surface area contributed by atoms with Gasteiger partial charge in [0.1, 0.15) is 5.69 Å². The highest BCUT2D eigenvalue weighted by Crippen LogP contribution is 2.33. The van der Waals surface area contributed by atoms with Crippen LogP contribution < -0.4 is 14.8 Å². The number of ether oxygens (including phenoxy) is 2. The number of nitrogens with one attached hydrogen (secondary N) is 1. The summed E-state index contributed by atoms with van der Waals surface area (Å²) in [4.78, 5) is 32.1. The monoisotopic (exact) mass is 471 g/mol. The molecule has 2 aromatic rings. The molecule has 1 saturated carbocycles. The number of hydrogen-bond donors (Lipinski definition) is 1. The Morgan fingerprint density at radius 2 is 1.79 bits per heavy atom. The maximum atomic E-state index is 12.8. The number of rotatable bonds is 7. The first-order valence-electron chi connectivity index (χ1n) is 11.8. The minimum absolute atomic E-state index is 0.183. The molecule has 2 fully saturated rings. The van der Waals surface area contributed by atoms with Gasteiger partial charge in [-0.25, -0.2) is 4.98 Å². The van der Waals surface area contributed by atoms with Crippen molar-refractivity contribution in [3.05, 3.63) is 39.8 Å². The van der Waals surface area contributed by atoms with Gasteiger partial charge in [-0.05, 0) is 43.4 Å². The van der Waals surface area contributed by atoms with Gasteiger partial charge in [0, 0.05) is 36.9 Å². The maximum Gasteiger partial charge on any atom is 0.271 e. The third-order valence-electron chi connectivity index (χ3n) is 6.77. The molecule has 1 aromatic carbocycles. The van der Waals surface area contributed by atoms with Crippen LogP contribution in [0.4, 0.5) is 0 Å². The number of hydrogen-bond acceptors (Lipinski definition) is 6. The van der Waals surface area contributed by atoms with Gasteiger partial charge in [-0.1, -0.05) is 25.3 Å². The molecule has 0 bridgehead atoms. The van der Waals surface area contributed by atoms with Crippen LogP contribution in [0, 0.1) is 5.92 Å². The van der Waals surface area contributed by atoms with E-state index in [1.54, 1.807) is 25.6 Å². The lowest BCUT2D eigenvalue weighted by atomic mass is 9.87. The summed E-state index contributed by atoms with van der Waals surface area (Å²) in [6.07, 6.45) is 7.56. The number of carbonyl (C=O) groups is 2. The summed E-state index contributed by atoms with van der Waals surface area (Å²) < 4.78 is 10.6. The molecule has 1 aliphatic heterocycles. The first-order valence-corrected chi connectivity index (χ1v) is 12.7. The number of piperidine rings is 1. The van der Waals surface area contributed by atoms with Crippen molar-refractivity contribution in [3.8, 4) is 11.5 Å². The number of likely N-dealkylation sites (tertiary alicyclic amines) is 1. The average Bonchev–Trinajstić information content (AvgIpc) is 3.38. The number of benzene rings is 1. The number of thiazole rings is 1. The molecule has 0 atom stereocenters. The zero-order chi connectivity index (χ0) is 23.2. The minimum Gasteiger partial charge on any atom is -0.493 e. The fourth-order valence-electron chi connectivity index (χ4n) is 4.80. The third kappa shape index (κ3) is 5.66. The van der Waals surface area contributed by atoms with E-state index < -0.39 is 0 Å². The average molecular weight is 472 g/mol. The molecule has 178 valence electrons. The van der Waals surface area contributed by atoms with Gasteiger partial charge in [0.05, 0.1) is 19.2 Å². The second-order valence-electron chi connectivity index (χ2n) is 8.88. The van der Waals surface area contributed by atoms with E-state index in [0.29, 0.717) is 35.6 Å². The Morgan fingerprint density at radius 1 is 1.06 bits per heavy atom. The van der Waals surface area contributed by atoms with Gasteiger partial charge in [0.25, 0.3) is 5.91 Å². The normalized spacial score (nSPS) is 17.6.